The van der Waals surface area contributed by atoms with Crippen LogP contribution in [0.2, 0.25) is 0 Å². The first-order valence-electron chi connectivity index (χ1n) is 8.64. The fourth-order valence-electron chi connectivity index (χ4n) is 4.13. The molecule has 1 aromatic heterocycles. The fraction of sp³-hybridized carbons (Fsp3) is 0.647. The van der Waals surface area contributed by atoms with Crippen LogP contribution in [-0.2, 0) is 16.0 Å². The van der Waals surface area contributed by atoms with Gasteiger partial charge in [0.25, 0.3) is 0 Å². The van der Waals surface area contributed by atoms with Crippen LogP contribution in [0.15, 0.2) is 0 Å². The second-order valence-electron chi connectivity index (χ2n) is 7.24. The van der Waals surface area contributed by atoms with Crippen LogP contribution >= 0.6 is 0 Å². The van der Waals surface area contributed by atoms with Crippen molar-refractivity contribution in [1.29, 1.82) is 0 Å². The van der Waals surface area contributed by atoms with Crippen LogP contribution in [0.5, 0.6) is 0 Å². The Hall–Kier alpha value is -2.22. The number of rotatable bonds is 3. The molecule has 3 rings (SSSR count). The van der Waals surface area contributed by atoms with Crippen molar-refractivity contribution in [2.45, 2.75) is 45.6 Å². The molecule has 1 aromatic rings. The SMILES string of the molecule is Cc1nc(N)nc(C)c1CC(=O)N1CC2(CCNCC2)C[C@@H]1C(=O)O. The van der Waals surface area contributed by atoms with E-state index in [0.717, 1.165) is 31.5 Å². The molecular weight excluding hydrogens is 322 g/mol. The van der Waals surface area contributed by atoms with Crippen LogP contribution in [-0.4, -0.2) is 57.5 Å². The summed E-state index contributed by atoms with van der Waals surface area (Å²) >= 11 is 0. The Kier molecular flexibility index (Phi) is 4.64. The van der Waals surface area contributed by atoms with Gasteiger partial charge in [0.05, 0.1) is 6.42 Å². The molecule has 2 saturated heterocycles. The van der Waals surface area contributed by atoms with Gasteiger partial charge in [0, 0.05) is 23.5 Å². The number of anilines is 1. The Labute approximate surface area is 146 Å². The first kappa shape index (κ1) is 17.6. The zero-order valence-corrected chi connectivity index (χ0v) is 14.7. The number of aromatic nitrogens is 2. The molecule has 0 bridgehead atoms. The molecule has 0 aromatic carbocycles. The summed E-state index contributed by atoms with van der Waals surface area (Å²) in [6.07, 6.45) is 2.45. The maximum Gasteiger partial charge on any atom is 0.326 e. The smallest absolute Gasteiger partial charge is 0.326 e. The van der Waals surface area contributed by atoms with E-state index in [9.17, 15) is 14.7 Å². The third kappa shape index (κ3) is 3.44. The normalized spacial score (nSPS) is 22.3. The predicted molar refractivity (Wildman–Crippen MR) is 91.9 cm³/mol. The highest BCUT2D eigenvalue weighted by Crippen LogP contribution is 2.42. The number of nitrogens with one attached hydrogen (secondary N) is 1. The number of amides is 1. The van der Waals surface area contributed by atoms with Gasteiger partial charge < -0.3 is 21.1 Å². The summed E-state index contributed by atoms with van der Waals surface area (Å²) in [6, 6.07) is -0.749. The van der Waals surface area contributed by atoms with Gasteiger partial charge in [0.15, 0.2) is 0 Å². The van der Waals surface area contributed by atoms with Gasteiger partial charge in [-0.25, -0.2) is 14.8 Å². The molecule has 1 amide bonds. The molecule has 0 saturated carbocycles. The van der Waals surface area contributed by atoms with Gasteiger partial charge in [-0.3, -0.25) is 4.79 Å². The Morgan fingerprint density at radius 2 is 1.88 bits per heavy atom. The van der Waals surface area contributed by atoms with Crippen LogP contribution in [0.1, 0.15) is 36.2 Å². The Morgan fingerprint density at radius 3 is 2.44 bits per heavy atom. The van der Waals surface area contributed by atoms with E-state index in [1.54, 1.807) is 18.7 Å². The molecule has 1 spiro atoms. The number of likely N-dealkylation sites (tertiary alicyclic amines) is 1. The van der Waals surface area contributed by atoms with Gasteiger partial charge in [-0.2, -0.15) is 0 Å². The number of nitrogens with zero attached hydrogens (tertiary/aromatic N) is 3. The number of nitrogen functional groups attached to an aromatic ring is 1. The van der Waals surface area contributed by atoms with Crippen LogP contribution in [0, 0.1) is 19.3 Å². The van der Waals surface area contributed by atoms with Gasteiger partial charge in [0.1, 0.15) is 6.04 Å². The van der Waals surface area contributed by atoms with E-state index in [2.05, 4.69) is 15.3 Å². The van der Waals surface area contributed by atoms with Gasteiger partial charge in [-0.1, -0.05) is 0 Å². The highest BCUT2D eigenvalue weighted by molar-refractivity contribution is 5.86. The number of nitrogens with two attached hydrogens (primary N) is 1. The number of carboxylic acid groups (broad SMARTS) is 1. The summed E-state index contributed by atoms with van der Waals surface area (Å²) in [7, 11) is 0. The molecule has 0 radical (unpaired) electrons. The van der Waals surface area contributed by atoms with Crippen LogP contribution in [0.4, 0.5) is 5.95 Å². The third-order valence-electron chi connectivity index (χ3n) is 5.54. The maximum atomic E-state index is 12.9. The second-order valence-corrected chi connectivity index (χ2v) is 7.24. The molecule has 2 aliphatic heterocycles. The zero-order valence-electron chi connectivity index (χ0n) is 14.7. The molecule has 0 unspecified atom stereocenters. The minimum Gasteiger partial charge on any atom is -0.480 e. The quantitative estimate of drug-likeness (QED) is 0.717. The largest absolute Gasteiger partial charge is 0.480 e. The van der Waals surface area contributed by atoms with Gasteiger partial charge >= 0.3 is 5.97 Å². The van der Waals surface area contributed by atoms with Gasteiger partial charge in [-0.15, -0.1) is 0 Å². The molecule has 0 aliphatic carbocycles. The molecule has 2 aliphatic rings. The lowest BCUT2D eigenvalue weighted by molar-refractivity contribution is -0.148. The van der Waals surface area contributed by atoms with Crippen molar-refractivity contribution >= 4 is 17.8 Å². The molecule has 3 heterocycles. The number of hydrogen-bond donors (Lipinski definition) is 3. The average Bonchev–Trinajstić information content (AvgIpc) is 2.91. The monoisotopic (exact) mass is 347 g/mol. The first-order chi connectivity index (χ1) is 11.8. The van der Waals surface area contributed by atoms with Crippen molar-refractivity contribution in [3.8, 4) is 0 Å². The predicted octanol–water partition coefficient (Wildman–Crippen LogP) is 0.273. The summed E-state index contributed by atoms with van der Waals surface area (Å²) in [5.74, 6) is -0.919. The van der Waals surface area contributed by atoms with Gasteiger partial charge in [-0.05, 0) is 51.6 Å². The number of aliphatic carboxylic acids is 1. The lowest BCUT2D eigenvalue weighted by Crippen LogP contribution is -2.42. The van der Waals surface area contributed by atoms with Crippen molar-refractivity contribution in [1.82, 2.24) is 20.2 Å². The lowest BCUT2D eigenvalue weighted by Gasteiger charge is -2.33. The van der Waals surface area contributed by atoms with Crippen LogP contribution in [0.25, 0.3) is 0 Å². The highest BCUT2D eigenvalue weighted by Gasteiger charge is 2.48. The third-order valence-corrected chi connectivity index (χ3v) is 5.54. The number of piperidine rings is 1. The van der Waals surface area contributed by atoms with E-state index in [1.165, 1.54) is 0 Å². The number of hydrogen-bond acceptors (Lipinski definition) is 6. The Morgan fingerprint density at radius 1 is 1.28 bits per heavy atom. The van der Waals surface area contributed by atoms with Crippen molar-refractivity contribution in [2.24, 2.45) is 5.41 Å². The number of aryl methyl sites for hydroxylation is 2. The Bertz CT molecular complexity index is 677. The summed E-state index contributed by atoms with van der Waals surface area (Å²) in [4.78, 5) is 34.4. The molecule has 136 valence electrons. The number of carboxylic acids is 1. The Balaban J connectivity index is 1.81. The van der Waals surface area contributed by atoms with Crippen molar-refractivity contribution in [2.75, 3.05) is 25.4 Å². The van der Waals surface area contributed by atoms with Gasteiger partial charge in [0.2, 0.25) is 11.9 Å². The molecule has 8 nitrogen and oxygen atoms in total. The summed E-state index contributed by atoms with van der Waals surface area (Å²) in [5.41, 5.74) is 7.62. The average molecular weight is 347 g/mol. The molecule has 25 heavy (non-hydrogen) atoms. The number of carbonyl (C=O) groups is 2. The molecule has 4 N–H and O–H groups in total. The van der Waals surface area contributed by atoms with Crippen LogP contribution < -0.4 is 11.1 Å². The van der Waals surface area contributed by atoms with E-state index in [1.807, 2.05) is 0 Å². The van der Waals surface area contributed by atoms with E-state index in [-0.39, 0.29) is 23.7 Å². The standard InChI is InChI=1S/C17H25N5O3/c1-10-12(11(2)21-16(18)20-10)7-14(23)22-9-17(3-5-19-6-4-17)8-13(22)15(24)25/h13,19H,3-9H2,1-2H3,(H,24,25)(H2,18,20,21)/t13-/m1/s1. The minimum absolute atomic E-state index is 0.0777. The fourth-order valence-corrected chi connectivity index (χ4v) is 4.13. The lowest BCUT2D eigenvalue weighted by atomic mass is 9.77. The summed E-state index contributed by atoms with van der Waals surface area (Å²) < 4.78 is 0. The number of carbonyl (C=O) groups excluding carboxylic acids is 1. The summed E-state index contributed by atoms with van der Waals surface area (Å²) in [5, 5.41) is 12.9. The van der Waals surface area contributed by atoms with E-state index >= 15 is 0 Å². The molecule has 2 fully saturated rings. The van der Waals surface area contributed by atoms with E-state index in [4.69, 9.17) is 5.73 Å². The first-order valence-corrected chi connectivity index (χ1v) is 8.64. The second kappa shape index (κ2) is 6.59. The van der Waals surface area contributed by atoms with Crippen molar-refractivity contribution in [3.05, 3.63) is 17.0 Å². The van der Waals surface area contributed by atoms with Crippen molar-refractivity contribution in [3.63, 3.8) is 0 Å². The maximum absolute atomic E-state index is 12.9. The van der Waals surface area contributed by atoms with Crippen LogP contribution in [0.3, 0.4) is 0 Å². The molecular formula is C17H25N5O3. The molecule has 8 heteroatoms. The summed E-state index contributed by atoms with van der Waals surface area (Å²) in [6.45, 7) is 5.84. The van der Waals surface area contributed by atoms with E-state index < -0.39 is 12.0 Å². The molecule has 1 atom stereocenters. The zero-order chi connectivity index (χ0) is 18.2. The topological polar surface area (TPSA) is 121 Å². The highest BCUT2D eigenvalue weighted by atomic mass is 16.4. The minimum atomic E-state index is -0.925. The van der Waals surface area contributed by atoms with E-state index in [0.29, 0.717) is 24.4 Å². The van der Waals surface area contributed by atoms with Crippen molar-refractivity contribution < 1.29 is 14.7 Å².